The third-order valence-corrected chi connectivity index (χ3v) is 5.23. The van der Waals surface area contributed by atoms with E-state index in [1.165, 1.54) is 13.2 Å². The summed E-state index contributed by atoms with van der Waals surface area (Å²) in [4.78, 5) is 16.5. The van der Waals surface area contributed by atoms with Crippen LogP contribution in [0.2, 0.25) is 0 Å². The predicted molar refractivity (Wildman–Crippen MR) is 107 cm³/mol. The van der Waals surface area contributed by atoms with Crippen LogP contribution in [0.3, 0.4) is 0 Å². The molecule has 158 valence electrons. The number of carbonyl (C=O) groups excluding carboxylic acids is 1. The van der Waals surface area contributed by atoms with Crippen molar-refractivity contribution in [2.75, 3.05) is 44.9 Å². The van der Waals surface area contributed by atoms with Crippen molar-refractivity contribution >= 4 is 11.8 Å². The lowest BCUT2D eigenvalue weighted by molar-refractivity contribution is -0.138. The van der Waals surface area contributed by atoms with Gasteiger partial charge in [0.05, 0.1) is 25.3 Å². The van der Waals surface area contributed by atoms with Crippen LogP contribution >= 0.6 is 0 Å². The van der Waals surface area contributed by atoms with Crippen molar-refractivity contribution in [1.29, 1.82) is 0 Å². The molecule has 0 saturated carbocycles. The maximum Gasteiger partial charge on any atom is 0.249 e. The molecule has 29 heavy (non-hydrogen) atoms. The van der Waals surface area contributed by atoms with Crippen molar-refractivity contribution in [2.24, 2.45) is 0 Å². The van der Waals surface area contributed by atoms with Gasteiger partial charge in [0.2, 0.25) is 11.8 Å². The van der Waals surface area contributed by atoms with Gasteiger partial charge in [-0.1, -0.05) is 24.2 Å². The molecule has 1 aliphatic rings. The topological polar surface area (TPSA) is 68.0 Å². The quantitative estimate of drug-likeness (QED) is 0.672. The zero-order chi connectivity index (χ0) is 20.8. The molecule has 2 heterocycles. The summed E-state index contributed by atoms with van der Waals surface area (Å²) < 4.78 is 30.7. The smallest absolute Gasteiger partial charge is 0.249 e. The van der Waals surface area contributed by atoms with Gasteiger partial charge in [-0.2, -0.15) is 0 Å². The molecular formula is C21H28FN3O4. The SMILES string of the molecule is CC[C@@H](C)N(Cc1c(-c2ccccc2F)noc1N1CCOCC1)C(=O)COC. The number of benzene rings is 1. The van der Waals surface area contributed by atoms with Crippen LogP contribution in [0.25, 0.3) is 11.3 Å². The fourth-order valence-corrected chi connectivity index (χ4v) is 3.41. The van der Waals surface area contributed by atoms with Gasteiger partial charge in [-0.05, 0) is 25.5 Å². The van der Waals surface area contributed by atoms with E-state index in [1.54, 1.807) is 23.1 Å². The lowest BCUT2D eigenvalue weighted by Crippen LogP contribution is -2.41. The largest absolute Gasteiger partial charge is 0.378 e. The normalized spacial score (nSPS) is 15.4. The van der Waals surface area contributed by atoms with Gasteiger partial charge in [-0.25, -0.2) is 4.39 Å². The summed E-state index contributed by atoms with van der Waals surface area (Å²) in [5.74, 6) is 0.0504. The van der Waals surface area contributed by atoms with Gasteiger partial charge in [0.15, 0.2) is 0 Å². The highest BCUT2D eigenvalue weighted by molar-refractivity contribution is 5.78. The number of morpholine rings is 1. The Morgan fingerprint density at radius 3 is 2.72 bits per heavy atom. The van der Waals surface area contributed by atoms with E-state index in [1.807, 2.05) is 18.7 Å². The number of methoxy groups -OCH3 is 1. The first-order valence-electron chi connectivity index (χ1n) is 9.91. The molecule has 1 aromatic heterocycles. The molecular weight excluding hydrogens is 377 g/mol. The van der Waals surface area contributed by atoms with Crippen LogP contribution in [0.4, 0.5) is 10.3 Å². The van der Waals surface area contributed by atoms with E-state index in [0.29, 0.717) is 49.0 Å². The summed E-state index contributed by atoms with van der Waals surface area (Å²) in [6.45, 7) is 6.70. The Bertz CT molecular complexity index is 820. The molecule has 1 amide bonds. The molecule has 3 rings (SSSR count). The number of halogens is 1. The van der Waals surface area contributed by atoms with E-state index >= 15 is 0 Å². The number of anilines is 1. The Hall–Kier alpha value is -2.45. The molecule has 1 saturated heterocycles. The van der Waals surface area contributed by atoms with Crippen molar-refractivity contribution in [1.82, 2.24) is 10.1 Å². The van der Waals surface area contributed by atoms with Gasteiger partial charge in [-0.15, -0.1) is 0 Å². The second-order valence-corrected chi connectivity index (χ2v) is 7.11. The average molecular weight is 405 g/mol. The summed E-state index contributed by atoms with van der Waals surface area (Å²) in [7, 11) is 1.50. The zero-order valence-electron chi connectivity index (χ0n) is 17.2. The summed E-state index contributed by atoms with van der Waals surface area (Å²) >= 11 is 0. The maximum atomic E-state index is 14.5. The van der Waals surface area contributed by atoms with Crippen molar-refractivity contribution in [2.45, 2.75) is 32.9 Å². The minimum absolute atomic E-state index is 0.0152. The Balaban J connectivity index is 2.04. The molecule has 8 heteroatoms. The predicted octanol–water partition coefficient (Wildman–Crippen LogP) is 3.09. The highest BCUT2D eigenvalue weighted by atomic mass is 19.1. The van der Waals surface area contributed by atoms with E-state index in [0.717, 1.165) is 6.42 Å². The first-order chi connectivity index (χ1) is 14.1. The monoisotopic (exact) mass is 405 g/mol. The van der Waals surface area contributed by atoms with E-state index in [2.05, 4.69) is 5.16 Å². The van der Waals surface area contributed by atoms with Crippen LogP contribution in [-0.2, 0) is 20.8 Å². The Labute approximate surface area is 170 Å². The Kier molecular flexibility index (Phi) is 7.22. The fourth-order valence-electron chi connectivity index (χ4n) is 3.41. The van der Waals surface area contributed by atoms with E-state index in [9.17, 15) is 9.18 Å². The molecule has 0 aliphatic carbocycles. The van der Waals surface area contributed by atoms with Crippen LogP contribution in [0, 0.1) is 5.82 Å². The molecule has 0 N–H and O–H groups in total. The molecule has 2 aromatic rings. The van der Waals surface area contributed by atoms with Crippen LogP contribution < -0.4 is 4.90 Å². The molecule has 0 radical (unpaired) electrons. The third-order valence-electron chi connectivity index (χ3n) is 5.23. The van der Waals surface area contributed by atoms with Crippen LogP contribution in [0.1, 0.15) is 25.8 Å². The van der Waals surface area contributed by atoms with Crippen molar-refractivity contribution < 1.29 is 23.2 Å². The summed E-state index contributed by atoms with van der Waals surface area (Å²) in [6, 6.07) is 6.44. The summed E-state index contributed by atoms with van der Waals surface area (Å²) in [6.07, 6.45) is 0.780. The zero-order valence-corrected chi connectivity index (χ0v) is 17.2. The lowest BCUT2D eigenvalue weighted by atomic mass is 10.0. The van der Waals surface area contributed by atoms with Crippen LogP contribution in [0.15, 0.2) is 28.8 Å². The molecule has 0 bridgehead atoms. The molecule has 1 fully saturated rings. The average Bonchev–Trinajstić information content (AvgIpc) is 3.16. The van der Waals surface area contributed by atoms with Gasteiger partial charge >= 0.3 is 0 Å². The van der Waals surface area contributed by atoms with Gasteiger partial charge < -0.3 is 23.8 Å². The maximum absolute atomic E-state index is 14.5. The number of rotatable bonds is 8. The van der Waals surface area contributed by atoms with Gasteiger partial charge in [-0.3, -0.25) is 4.79 Å². The summed E-state index contributed by atoms with van der Waals surface area (Å²) in [5, 5.41) is 4.20. The number of carbonyl (C=O) groups is 1. The number of nitrogens with zero attached hydrogens (tertiary/aromatic N) is 3. The van der Waals surface area contributed by atoms with E-state index < -0.39 is 0 Å². The number of hydrogen-bond donors (Lipinski definition) is 0. The highest BCUT2D eigenvalue weighted by Crippen LogP contribution is 2.34. The third kappa shape index (κ3) is 4.76. The standard InChI is InChI=1S/C21H28FN3O4/c1-4-15(2)25(19(26)14-27-3)13-17-20(16-7-5-6-8-18(16)22)23-29-21(17)24-9-11-28-12-10-24/h5-8,15H,4,9-14H2,1-3H3/t15-/m1/s1. The van der Waals surface area contributed by atoms with Crippen molar-refractivity contribution in [3.63, 3.8) is 0 Å². The first kappa shape index (κ1) is 21.3. The van der Waals surface area contributed by atoms with Gasteiger partial charge in [0, 0.05) is 31.8 Å². The minimum Gasteiger partial charge on any atom is -0.378 e. The van der Waals surface area contributed by atoms with Gasteiger partial charge in [0.25, 0.3) is 0 Å². The second-order valence-electron chi connectivity index (χ2n) is 7.11. The molecule has 7 nitrogen and oxygen atoms in total. The molecule has 1 aliphatic heterocycles. The lowest BCUT2D eigenvalue weighted by Gasteiger charge is -2.31. The summed E-state index contributed by atoms with van der Waals surface area (Å²) in [5.41, 5.74) is 1.47. The molecule has 1 atom stereocenters. The Morgan fingerprint density at radius 1 is 1.34 bits per heavy atom. The molecule has 1 aromatic carbocycles. The van der Waals surface area contributed by atoms with Crippen LogP contribution in [-0.4, -0.2) is 62.0 Å². The molecule has 0 unspecified atom stereocenters. The first-order valence-corrected chi connectivity index (χ1v) is 9.91. The fraction of sp³-hybridized carbons (Fsp3) is 0.524. The van der Waals surface area contributed by atoms with Crippen LogP contribution in [0.5, 0.6) is 0 Å². The number of aromatic nitrogens is 1. The van der Waals surface area contributed by atoms with E-state index in [4.69, 9.17) is 14.0 Å². The highest BCUT2D eigenvalue weighted by Gasteiger charge is 2.29. The van der Waals surface area contributed by atoms with E-state index in [-0.39, 0.29) is 30.9 Å². The Morgan fingerprint density at radius 2 is 2.07 bits per heavy atom. The van der Waals surface area contributed by atoms with Crippen molar-refractivity contribution in [3.8, 4) is 11.3 Å². The number of ether oxygens (including phenoxy) is 2. The molecule has 0 spiro atoms. The van der Waals surface area contributed by atoms with Gasteiger partial charge in [0.1, 0.15) is 18.1 Å². The second kappa shape index (κ2) is 9.84. The number of amides is 1. The number of hydrogen-bond acceptors (Lipinski definition) is 6. The minimum atomic E-state index is -0.381. The van der Waals surface area contributed by atoms with Crippen molar-refractivity contribution in [3.05, 3.63) is 35.6 Å².